The molecule has 126 valence electrons. The first kappa shape index (κ1) is 18.7. The molecule has 2 aromatic carbocycles. The molecule has 24 heavy (non-hydrogen) atoms. The van der Waals surface area contributed by atoms with E-state index in [1.165, 1.54) is 30.1 Å². The largest absolute Gasteiger partial charge is 0.332 e. The number of hydrogen-bond acceptors (Lipinski definition) is 2. The number of carbonyl (C=O) groups excluding carboxylic acids is 2. The van der Waals surface area contributed by atoms with Crippen LogP contribution in [0.2, 0.25) is 10.0 Å². The molecule has 0 aliphatic rings. The number of halogens is 4. The van der Waals surface area contributed by atoms with Gasteiger partial charge < -0.3 is 10.2 Å². The molecular weight excluding hydrogens is 422 g/mol. The molecule has 0 saturated carbocycles. The predicted molar refractivity (Wildman–Crippen MR) is 96.2 cm³/mol. The summed E-state index contributed by atoms with van der Waals surface area (Å²) in [4.78, 5) is 25.4. The van der Waals surface area contributed by atoms with Gasteiger partial charge in [-0.3, -0.25) is 9.59 Å². The maximum Gasteiger partial charge on any atom is 0.254 e. The van der Waals surface area contributed by atoms with Crippen LogP contribution in [0.1, 0.15) is 10.4 Å². The van der Waals surface area contributed by atoms with E-state index in [0.717, 1.165) is 6.07 Å². The van der Waals surface area contributed by atoms with Gasteiger partial charge in [-0.15, -0.1) is 0 Å². The Hall–Kier alpha value is -1.63. The third-order valence-electron chi connectivity index (χ3n) is 3.10. The Morgan fingerprint density at radius 3 is 2.50 bits per heavy atom. The van der Waals surface area contributed by atoms with Crippen molar-refractivity contribution in [1.29, 1.82) is 0 Å². The average molecular weight is 434 g/mol. The van der Waals surface area contributed by atoms with E-state index in [2.05, 4.69) is 21.2 Å². The molecule has 0 aromatic heterocycles. The number of likely N-dealkylation sites (N-methyl/N-ethyl adjacent to an activating group) is 1. The van der Waals surface area contributed by atoms with E-state index in [1.54, 1.807) is 12.1 Å². The smallest absolute Gasteiger partial charge is 0.254 e. The minimum absolute atomic E-state index is 0.153. The molecule has 0 radical (unpaired) electrons. The summed E-state index contributed by atoms with van der Waals surface area (Å²) in [6.07, 6.45) is 0. The lowest BCUT2D eigenvalue weighted by molar-refractivity contribution is -0.116. The molecule has 1 N–H and O–H groups in total. The molecule has 0 spiro atoms. The van der Waals surface area contributed by atoms with Crippen LogP contribution in [0.4, 0.5) is 10.1 Å². The van der Waals surface area contributed by atoms with Crippen molar-refractivity contribution in [2.75, 3.05) is 18.9 Å². The van der Waals surface area contributed by atoms with Gasteiger partial charge in [0.1, 0.15) is 5.82 Å². The van der Waals surface area contributed by atoms with Crippen LogP contribution in [0.25, 0.3) is 0 Å². The van der Waals surface area contributed by atoms with Crippen molar-refractivity contribution in [2.24, 2.45) is 0 Å². The van der Waals surface area contributed by atoms with E-state index < -0.39 is 17.6 Å². The van der Waals surface area contributed by atoms with Gasteiger partial charge in [-0.2, -0.15) is 0 Å². The minimum atomic E-state index is -0.547. The number of anilines is 1. The summed E-state index contributed by atoms with van der Waals surface area (Å²) in [5, 5.41) is 3.29. The van der Waals surface area contributed by atoms with E-state index in [0.29, 0.717) is 15.7 Å². The molecule has 4 nitrogen and oxygen atoms in total. The number of amides is 2. The quantitative estimate of drug-likeness (QED) is 0.765. The van der Waals surface area contributed by atoms with Gasteiger partial charge in [0.25, 0.3) is 5.91 Å². The van der Waals surface area contributed by atoms with Crippen molar-refractivity contribution in [2.45, 2.75) is 0 Å². The standard InChI is InChI=1S/C16H12BrCl2FN2O2/c1-22(16(24)9-2-4-11(17)14(20)6-9)8-15(23)21-10-3-5-12(18)13(19)7-10/h2-7H,8H2,1H3,(H,21,23). The lowest BCUT2D eigenvalue weighted by atomic mass is 10.2. The highest BCUT2D eigenvalue weighted by Gasteiger charge is 2.16. The molecular formula is C16H12BrCl2FN2O2. The summed E-state index contributed by atoms with van der Waals surface area (Å²) < 4.78 is 13.8. The molecule has 0 saturated heterocycles. The summed E-state index contributed by atoms with van der Waals surface area (Å²) in [7, 11) is 1.46. The Balaban J connectivity index is 2.01. The van der Waals surface area contributed by atoms with Gasteiger partial charge >= 0.3 is 0 Å². The zero-order valence-corrected chi connectivity index (χ0v) is 15.5. The molecule has 2 aromatic rings. The first-order valence-corrected chi connectivity index (χ1v) is 8.28. The van der Waals surface area contributed by atoms with Crippen molar-refractivity contribution in [3.05, 3.63) is 62.3 Å². The van der Waals surface area contributed by atoms with Crippen LogP contribution in [0.3, 0.4) is 0 Å². The van der Waals surface area contributed by atoms with E-state index in [1.807, 2.05) is 0 Å². The van der Waals surface area contributed by atoms with Gasteiger partial charge in [-0.1, -0.05) is 23.2 Å². The van der Waals surface area contributed by atoms with E-state index >= 15 is 0 Å². The van der Waals surface area contributed by atoms with Crippen LogP contribution >= 0.6 is 39.1 Å². The number of benzene rings is 2. The highest BCUT2D eigenvalue weighted by molar-refractivity contribution is 9.10. The fourth-order valence-corrected chi connectivity index (χ4v) is 2.46. The molecule has 2 amide bonds. The molecule has 8 heteroatoms. The monoisotopic (exact) mass is 432 g/mol. The number of nitrogens with zero attached hydrogens (tertiary/aromatic N) is 1. The van der Waals surface area contributed by atoms with Gasteiger partial charge in [0.15, 0.2) is 0 Å². The molecule has 0 aliphatic heterocycles. The van der Waals surface area contributed by atoms with Crippen molar-refractivity contribution in [3.63, 3.8) is 0 Å². The fraction of sp³-hybridized carbons (Fsp3) is 0.125. The number of carbonyl (C=O) groups is 2. The van der Waals surface area contributed by atoms with Gasteiger partial charge in [-0.05, 0) is 52.3 Å². The number of hydrogen-bond donors (Lipinski definition) is 1. The normalized spacial score (nSPS) is 10.4. The summed E-state index contributed by atoms with van der Waals surface area (Å²) >= 11 is 14.7. The molecule has 0 aliphatic carbocycles. The fourth-order valence-electron chi connectivity index (χ4n) is 1.91. The Labute approximate surface area is 156 Å². The van der Waals surface area contributed by atoms with Gasteiger partial charge in [0.2, 0.25) is 5.91 Å². The van der Waals surface area contributed by atoms with E-state index in [9.17, 15) is 14.0 Å². The zero-order valence-electron chi connectivity index (χ0n) is 12.4. The highest BCUT2D eigenvalue weighted by Crippen LogP contribution is 2.25. The highest BCUT2D eigenvalue weighted by atomic mass is 79.9. The molecule has 0 heterocycles. The minimum Gasteiger partial charge on any atom is -0.332 e. The Morgan fingerprint density at radius 2 is 1.88 bits per heavy atom. The van der Waals surface area contributed by atoms with Crippen molar-refractivity contribution in [3.8, 4) is 0 Å². The second-order valence-corrected chi connectivity index (χ2v) is 6.64. The van der Waals surface area contributed by atoms with Crippen molar-refractivity contribution < 1.29 is 14.0 Å². The number of rotatable bonds is 4. The average Bonchev–Trinajstić information content (AvgIpc) is 2.52. The van der Waals surface area contributed by atoms with Crippen LogP contribution in [0.5, 0.6) is 0 Å². The van der Waals surface area contributed by atoms with Crippen LogP contribution in [0, 0.1) is 5.82 Å². The van der Waals surface area contributed by atoms with Gasteiger partial charge in [-0.25, -0.2) is 4.39 Å². The van der Waals surface area contributed by atoms with Crippen LogP contribution < -0.4 is 5.32 Å². The maximum absolute atomic E-state index is 13.5. The summed E-state index contributed by atoms with van der Waals surface area (Å²) in [6.45, 7) is -0.198. The first-order valence-electron chi connectivity index (χ1n) is 6.73. The third kappa shape index (κ3) is 4.69. The summed E-state index contributed by atoms with van der Waals surface area (Å²) in [6, 6.07) is 8.68. The van der Waals surface area contributed by atoms with Crippen LogP contribution in [-0.4, -0.2) is 30.3 Å². The van der Waals surface area contributed by atoms with Crippen LogP contribution in [0.15, 0.2) is 40.9 Å². The Bertz CT molecular complexity index is 802. The molecule has 2 rings (SSSR count). The molecule has 0 unspecified atom stereocenters. The van der Waals surface area contributed by atoms with Gasteiger partial charge in [0, 0.05) is 18.3 Å². The number of nitrogens with one attached hydrogen (secondary N) is 1. The second-order valence-electron chi connectivity index (χ2n) is 4.97. The van der Waals surface area contributed by atoms with Crippen molar-refractivity contribution >= 4 is 56.6 Å². The zero-order chi connectivity index (χ0) is 17.9. The van der Waals surface area contributed by atoms with Crippen molar-refractivity contribution in [1.82, 2.24) is 4.90 Å². The molecule has 0 fully saturated rings. The lowest BCUT2D eigenvalue weighted by Crippen LogP contribution is -2.35. The van der Waals surface area contributed by atoms with Gasteiger partial charge in [0.05, 0.1) is 21.1 Å². The third-order valence-corrected chi connectivity index (χ3v) is 4.48. The molecule has 0 atom stereocenters. The first-order chi connectivity index (χ1) is 11.3. The van der Waals surface area contributed by atoms with E-state index in [4.69, 9.17) is 23.2 Å². The molecule has 0 bridgehead atoms. The summed E-state index contributed by atoms with van der Waals surface area (Å²) in [5.74, 6) is -1.43. The van der Waals surface area contributed by atoms with E-state index in [-0.39, 0.29) is 16.6 Å². The SMILES string of the molecule is CN(CC(=O)Nc1ccc(Cl)c(Cl)c1)C(=O)c1ccc(Br)c(F)c1. The van der Waals surface area contributed by atoms with Crippen LogP contribution in [-0.2, 0) is 4.79 Å². The Morgan fingerprint density at radius 1 is 1.17 bits per heavy atom. The predicted octanol–water partition coefficient (Wildman–Crippen LogP) is 4.61. The summed E-state index contributed by atoms with van der Waals surface area (Å²) in [5.41, 5.74) is 0.616. The topological polar surface area (TPSA) is 49.4 Å². The second kappa shape index (κ2) is 7.96. The lowest BCUT2D eigenvalue weighted by Gasteiger charge is -2.17. The Kier molecular flexibility index (Phi) is 6.21. The maximum atomic E-state index is 13.5.